The number of allylic oxidation sites excluding steroid dienone is 5. The summed E-state index contributed by atoms with van der Waals surface area (Å²) in [5.41, 5.74) is 2.16. The zero-order valence-corrected chi connectivity index (χ0v) is 8.43. The van der Waals surface area contributed by atoms with Gasteiger partial charge in [0, 0.05) is 18.9 Å². The number of rotatable bonds is 0. The van der Waals surface area contributed by atoms with Crippen molar-refractivity contribution in [1.82, 2.24) is 0 Å². The fourth-order valence-corrected chi connectivity index (χ4v) is 2.30. The molecule has 0 saturated heterocycles. The van der Waals surface area contributed by atoms with E-state index in [2.05, 4.69) is 40.4 Å². The smallest absolute Gasteiger partial charge is 0.0761 e. The summed E-state index contributed by atoms with van der Waals surface area (Å²) >= 11 is 0. The summed E-state index contributed by atoms with van der Waals surface area (Å²) < 4.78 is 0. The predicted octanol–water partition coefficient (Wildman–Crippen LogP) is 2.82. The van der Waals surface area contributed by atoms with Crippen molar-refractivity contribution < 1.29 is 0 Å². The van der Waals surface area contributed by atoms with Gasteiger partial charge in [0.05, 0.1) is 16.8 Å². The van der Waals surface area contributed by atoms with Crippen LogP contribution in [-0.2, 0) is 0 Å². The summed E-state index contributed by atoms with van der Waals surface area (Å²) in [4.78, 5) is 9.01. The van der Waals surface area contributed by atoms with Crippen molar-refractivity contribution >= 4 is 12.4 Å². The minimum Gasteiger partial charge on any atom is -0.264 e. The average molecular weight is 196 g/mol. The molecule has 1 unspecified atom stereocenters. The topological polar surface area (TPSA) is 24.7 Å². The molecule has 0 amide bonds. The molecule has 0 aromatic rings. The van der Waals surface area contributed by atoms with Gasteiger partial charge in [0.1, 0.15) is 0 Å². The van der Waals surface area contributed by atoms with Gasteiger partial charge in [-0.25, -0.2) is 0 Å². The highest BCUT2D eigenvalue weighted by Gasteiger charge is 2.37. The van der Waals surface area contributed by atoms with Gasteiger partial charge in [-0.15, -0.1) is 0 Å². The minimum atomic E-state index is -0.0868. The third-order valence-corrected chi connectivity index (χ3v) is 3.07. The number of hydrogen-bond acceptors (Lipinski definition) is 2. The number of hydrogen-bond donors (Lipinski definition) is 0. The first-order valence-corrected chi connectivity index (χ1v) is 5.24. The van der Waals surface area contributed by atoms with Crippen LogP contribution in [0.1, 0.15) is 12.8 Å². The molecule has 2 nitrogen and oxygen atoms in total. The van der Waals surface area contributed by atoms with Gasteiger partial charge in [0.25, 0.3) is 0 Å². The summed E-state index contributed by atoms with van der Waals surface area (Å²) in [6.07, 6.45) is 18.4. The van der Waals surface area contributed by atoms with Crippen molar-refractivity contribution in [3.8, 4) is 0 Å². The van der Waals surface area contributed by atoms with E-state index in [1.54, 1.807) is 0 Å². The summed E-state index contributed by atoms with van der Waals surface area (Å²) in [6, 6.07) is 0. The number of nitrogens with zero attached hydrogens (tertiary/aromatic N) is 2. The molecule has 1 spiro atoms. The Bertz CT molecular complexity index is 461. The Morgan fingerprint density at radius 2 is 2.13 bits per heavy atom. The van der Waals surface area contributed by atoms with E-state index < -0.39 is 0 Å². The molecule has 1 atom stereocenters. The second-order valence-corrected chi connectivity index (χ2v) is 3.93. The maximum Gasteiger partial charge on any atom is 0.0761 e. The fraction of sp³-hybridized carbons (Fsp3) is 0.231. The van der Waals surface area contributed by atoms with E-state index >= 15 is 0 Å². The second kappa shape index (κ2) is 3.16. The Kier molecular flexibility index (Phi) is 1.81. The van der Waals surface area contributed by atoms with Gasteiger partial charge in [-0.2, -0.15) is 0 Å². The SMILES string of the molecule is C1=CCC23C=CC=NC2=CCC=NC3=C1. The van der Waals surface area contributed by atoms with Gasteiger partial charge in [-0.05, 0) is 18.6 Å². The van der Waals surface area contributed by atoms with Crippen LogP contribution in [-0.4, -0.2) is 12.4 Å². The molecule has 0 bridgehead atoms. The van der Waals surface area contributed by atoms with Crippen LogP contribution in [0.2, 0.25) is 0 Å². The molecular weight excluding hydrogens is 184 g/mol. The molecule has 0 aromatic carbocycles. The van der Waals surface area contributed by atoms with E-state index in [0.717, 1.165) is 24.2 Å². The molecule has 15 heavy (non-hydrogen) atoms. The molecule has 0 saturated carbocycles. The summed E-state index contributed by atoms with van der Waals surface area (Å²) in [7, 11) is 0. The first-order valence-electron chi connectivity index (χ1n) is 5.24. The van der Waals surface area contributed by atoms with Crippen molar-refractivity contribution in [3.63, 3.8) is 0 Å². The van der Waals surface area contributed by atoms with Gasteiger partial charge >= 0.3 is 0 Å². The molecule has 0 fully saturated rings. The lowest BCUT2D eigenvalue weighted by Crippen LogP contribution is -2.24. The van der Waals surface area contributed by atoms with Crippen molar-refractivity contribution in [2.75, 3.05) is 0 Å². The summed E-state index contributed by atoms with van der Waals surface area (Å²) in [5, 5.41) is 0. The maximum absolute atomic E-state index is 4.53. The maximum atomic E-state index is 4.53. The molecular formula is C13H12N2. The molecule has 74 valence electrons. The summed E-state index contributed by atoms with van der Waals surface area (Å²) in [5.74, 6) is 0. The molecule has 1 aliphatic carbocycles. The Labute approximate surface area is 89.1 Å². The molecule has 0 N–H and O–H groups in total. The lowest BCUT2D eigenvalue weighted by Gasteiger charge is -2.33. The van der Waals surface area contributed by atoms with E-state index in [9.17, 15) is 0 Å². The largest absolute Gasteiger partial charge is 0.264 e. The fourth-order valence-electron chi connectivity index (χ4n) is 2.30. The van der Waals surface area contributed by atoms with E-state index in [1.807, 2.05) is 18.5 Å². The van der Waals surface area contributed by atoms with Gasteiger partial charge in [-0.1, -0.05) is 24.3 Å². The molecule has 2 aliphatic heterocycles. The molecule has 0 aromatic heterocycles. The Morgan fingerprint density at radius 1 is 1.13 bits per heavy atom. The van der Waals surface area contributed by atoms with Gasteiger partial charge in [-0.3, -0.25) is 9.98 Å². The Morgan fingerprint density at radius 3 is 3.13 bits per heavy atom. The van der Waals surface area contributed by atoms with E-state index in [4.69, 9.17) is 0 Å². The predicted molar refractivity (Wildman–Crippen MR) is 63.1 cm³/mol. The van der Waals surface area contributed by atoms with Gasteiger partial charge < -0.3 is 0 Å². The van der Waals surface area contributed by atoms with Crippen LogP contribution in [0.25, 0.3) is 0 Å². The van der Waals surface area contributed by atoms with E-state index in [0.29, 0.717) is 0 Å². The number of dihydropyridines is 1. The van der Waals surface area contributed by atoms with Gasteiger partial charge in [0.15, 0.2) is 0 Å². The van der Waals surface area contributed by atoms with Crippen molar-refractivity contribution in [3.05, 3.63) is 47.9 Å². The zero-order valence-electron chi connectivity index (χ0n) is 8.43. The van der Waals surface area contributed by atoms with Crippen LogP contribution in [0.4, 0.5) is 0 Å². The highest BCUT2D eigenvalue weighted by Crippen LogP contribution is 2.46. The van der Waals surface area contributed by atoms with Crippen LogP contribution in [0.3, 0.4) is 0 Å². The van der Waals surface area contributed by atoms with E-state index in [-0.39, 0.29) is 5.41 Å². The van der Waals surface area contributed by atoms with Gasteiger partial charge in [0.2, 0.25) is 0 Å². The van der Waals surface area contributed by atoms with Crippen molar-refractivity contribution in [1.29, 1.82) is 0 Å². The monoisotopic (exact) mass is 196 g/mol. The van der Waals surface area contributed by atoms with Crippen LogP contribution in [0, 0.1) is 5.41 Å². The minimum absolute atomic E-state index is 0.0868. The molecule has 0 radical (unpaired) electrons. The lowest BCUT2D eigenvalue weighted by atomic mass is 9.74. The van der Waals surface area contributed by atoms with Crippen LogP contribution < -0.4 is 0 Å². The second-order valence-electron chi connectivity index (χ2n) is 3.93. The van der Waals surface area contributed by atoms with Crippen LogP contribution in [0.15, 0.2) is 57.8 Å². The van der Waals surface area contributed by atoms with Crippen molar-refractivity contribution in [2.45, 2.75) is 12.8 Å². The molecule has 2 heterocycles. The van der Waals surface area contributed by atoms with Crippen LogP contribution >= 0.6 is 0 Å². The molecule has 2 heteroatoms. The van der Waals surface area contributed by atoms with Crippen molar-refractivity contribution in [2.24, 2.45) is 15.4 Å². The highest BCUT2D eigenvalue weighted by atomic mass is 14.9. The first-order chi connectivity index (χ1) is 7.42. The highest BCUT2D eigenvalue weighted by molar-refractivity contribution is 5.77. The standard InChI is InChI=1S/C13H12N2/c1-2-7-13-8-4-10-15-12(13)6-3-9-14-11(13)5-1/h1-2,4-6,8-10H,3,7H2. The summed E-state index contributed by atoms with van der Waals surface area (Å²) in [6.45, 7) is 0. The Hall–Kier alpha value is -1.70. The normalized spacial score (nSPS) is 31.5. The quantitative estimate of drug-likeness (QED) is 0.569. The first kappa shape index (κ1) is 8.60. The zero-order chi connectivity index (χ0) is 10.1. The molecule has 3 aliphatic rings. The Balaban J connectivity index is 2.21. The third-order valence-electron chi connectivity index (χ3n) is 3.07. The van der Waals surface area contributed by atoms with Crippen LogP contribution in [0.5, 0.6) is 0 Å². The number of aliphatic imine (C=N–C) groups is 2. The third kappa shape index (κ3) is 1.18. The lowest BCUT2D eigenvalue weighted by molar-refractivity contribution is 0.537. The average Bonchev–Trinajstić information content (AvgIpc) is 2.47. The van der Waals surface area contributed by atoms with E-state index in [1.165, 1.54) is 0 Å². The molecule has 3 rings (SSSR count).